The molecule has 0 unspecified atom stereocenters. The maximum atomic E-state index is 11.8. The molecule has 0 saturated carbocycles. The van der Waals surface area contributed by atoms with Crippen LogP contribution in [0, 0.1) is 5.92 Å². The molecule has 0 aromatic carbocycles. The molecule has 100 valence electrons. The quantitative estimate of drug-likeness (QED) is 0.774. The van der Waals surface area contributed by atoms with Gasteiger partial charge in [0, 0.05) is 24.5 Å². The number of carbonyl (C=O) groups excluding carboxylic acids is 1. The standard InChI is InChI=1S/C12H24N2O2S/c1-9(2)10(13)11(15)14-8-12(17-3)4-6-16-7-5-12/h9-10H,4-8,13H2,1-3H3,(H,14,15)/t10-/m0/s1. The third-order valence-corrected chi connectivity index (χ3v) is 4.86. The van der Waals surface area contributed by atoms with Crippen molar-refractivity contribution in [3.8, 4) is 0 Å². The van der Waals surface area contributed by atoms with Gasteiger partial charge in [0.25, 0.3) is 0 Å². The Bertz CT molecular complexity index is 253. The highest BCUT2D eigenvalue weighted by atomic mass is 32.2. The number of hydrogen-bond donors (Lipinski definition) is 2. The number of nitrogens with one attached hydrogen (secondary N) is 1. The molecule has 4 nitrogen and oxygen atoms in total. The van der Waals surface area contributed by atoms with E-state index in [1.54, 1.807) is 0 Å². The van der Waals surface area contributed by atoms with Gasteiger partial charge in [0.1, 0.15) is 0 Å². The molecule has 1 amide bonds. The second-order valence-corrected chi connectivity index (χ2v) is 6.26. The van der Waals surface area contributed by atoms with E-state index in [0.717, 1.165) is 26.1 Å². The highest BCUT2D eigenvalue weighted by Crippen LogP contribution is 2.32. The summed E-state index contributed by atoms with van der Waals surface area (Å²) in [6.45, 7) is 6.18. The molecule has 3 N–H and O–H groups in total. The number of thioether (sulfide) groups is 1. The van der Waals surface area contributed by atoms with E-state index >= 15 is 0 Å². The van der Waals surface area contributed by atoms with Gasteiger partial charge in [-0.15, -0.1) is 0 Å². The number of nitrogens with two attached hydrogens (primary N) is 1. The van der Waals surface area contributed by atoms with Crippen LogP contribution in [0.15, 0.2) is 0 Å². The Morgan fingerprint density at radius 1 is 1.47 bits per heavy atom. The van der Waals surface area contributed by atoms with Crippen LogP contribution in [-0.2, 0) is 9.53 Å². The maximum Gasteiger partial charge on any atom is 0.237 e. The molecule has 1 saturated heterocycles. The average Bonchev–Trinajstić information content (AvgIpc) is 2.36. The van der Waals surface area contributed by atoms with Crippen molar-refractivity contribution < 1.29 is 9.53 Å². The highest BCUT2D eigenvalue weighted by molar-refractivity contribution is 8.00. The van der Waals surface area contributed by atoms with Gasteiger partial charge in [-0.3, -0.25) is 4.79 Å². The number of carbonyl (C=O) groups is 1. The Morgan fingerprint density at radius 3 is 2.53 bits per heavy atom. The maximum absolute atomic E-state index is 11.8. The van der Waals surface area contributed by atoms with Crippen molar-refractivity contribution in [2.45, 2.75) is 37.5 Å². The SMILES string of the molecule is CSC1(CNC(=O)[C@@H](N)C(C)C)CCOCC1. The lowest BCUT2D eigenvalue weighted by molar-refractivity contribution is -0.123. The predicted molar refractivity (Wildman–Crippen MR) is 72.1 cm³/mol. The fourth-order valence-electron chi connectivity index (χ4n) is 1.87. The first-order valence-corrected chi connectivity index (χ1v) is 7.39. The van der Waals surface area contributed by atoms with Crippen molar-refractivity contribution in [2.24, 2.45) is 11.7 Å². The summed E-state index contributed by atoms with van der Waals surface area (Å²) in [5.74, 6) is 0.134. The van der Waals surface area contributed by atoms with E-state index in [1.807, 2.05) is 25.6 Å². The molecule has 1 heterocycles. The number of amides is 1. The zero-order chi connectivity index (χ0) is 12.9. The van der Waals surface area contributed by atoms with Crippen molar-refractivity contribution in [3.05, 3.63) is 0 Å². The minimum absolute atomic E-state index is 0.0417. The van der Waals surface area contributed by atoms with Crippen LogP contribution in [0.4, 0.5) is 0 Å². The molecule has 0 radical (unpaired) electrons. The summed E-state index contributed by atoms with van der Waals surface area (Å²) in [6.07, 6.45) is 4.08. The summed E-state index contributed by atoms with van der Waals surface area (Å²) in [7, 11) is 0. The van der Waals surface area contributed by atoms with Gasteiger partial charge in [0.15, 0.2) is 0 Å². The topological polar surface area (TPSA) is 64.4 Å². The summed E-state index contributed by atoms with van der Waals surface area (Å²) in [6, 6.07) is -0.409. The van der Waals surface area contributed by atoms with Crippen LogP contribution in [0.1, 0.15) is 26.7 Å². The first kappa shape index (κ1) is 14.8. The van der Waals surface area contributed by atoms with E-state index in [9.17, 15) is 4.79 Å². The minimum Gasteiger partial charge on any atom is -0.381 e. The normalized spacial score (nSPS) is 21.2. The average molecular weight is 260 g/mol. The number of rotatable bonds is 5. The van der Waals surface area contributed by atoms with Crippen molar-refractivity contribution in [1.29, 1.82) is 0 Å². The molecule has 17 heavy (non-hydrogen) atoms. The van der Waals surface area contributed by atoms with Crippen LogP contribution >= 0.6 is 11.8 Å². The molecule has 0 bridgehead atoms. The van der Waals surface area contributed by atoms with Gasteiger partial charge in [-0.25, -0.2) is 0 Å². The summed E-state index contributed by atoms with van der Waals surface area (Å²) >= 11 is 1.82. The first-order valence-electron chi connectivity index (χ1n) is 6.17. The van der Waals surface area contributed by atoms with E-state index in [1.165, 1.54) is 0 Å². The third kappa shape index (κ3) is 4.16. The van der Waals surface area contributed by atoms with E-state index < -0.39 is 6.04 Å². The number of hydrogen-bond acceptors (Lipinski definition) is 4. The smallest absolute Gasteiger partial charge is 0.237 e. The van der Waals surface area contributed by atoms with Gasteiger partial charge in [-0.05, 0) is 25.0 Å². The molecule has 0 aromatic heterocycles. The van der Waals surface area contributed by atoms with Gasteiger partial charge >= 0.3 is 0 Å². The monoisotopic (exact) mass is 260 g/mol. The van der Waals surface area contributed by atoms with Crippen LogP contribution in [0.25, 0.3) is 0 Å². The van der Waals surface area contributed by atoms with Crippen molar-refractivity contribution >= 4 is 17.7 Å². The van der Waals surface area contributed by atoms with E-state index in [4.69, 9.17) is 10.5 Å². The molecule has 0 aliphatic carbocycles. The minimum atomic E-state index is -0.409. The summed E-state index contributed by atoms with van der Waals surface area (Å²) in [4.78, 5) is 11.8. The Kier molecular flexibility index (Phi) is 5.76. The van der Waals surface area contributed by atoms with Crippen molar-refractivity contribution in [3.63, 3.8) is 0 Å². The van der Waals surface area contributed by atoms with Crippen LogP contribution in [0.5, 0.6) is 0 Å². The van der Waals surface area contributed by atoms with Crippen LogP contribution in [0.2, 0.25) is 0 Å². The molecule has 0 spiro atoms. The van der Waals surface area contributed by atoms with Crippen molar-refractivity contribution in [2.75, 3.05) is 26.0 Å². The van der Waals surface area contributed by atoms with Crippen LogP contribution in [0.3, 0.4) is 0 Å². The summed E-state index contributed by atoms with van der Waals surface area (Å²) in [5.41, 5.74) is 5.82. The van der Waals surface area contributed by atoms with Gasteiger partial charge < -0.3 is 15.8 Å². The van der Waals surface area contributed by atoms with E-state index in [2.05, 4.69) is 11.6 Å². The van der Waals surface area contributed by atoms with Gasteiger partial charge in [0.2, 0.25) is 5.91 Å². The molecular formula is C12H24N2O2S. The fourth-order valence-corrected chi connectivity index (χ4v) is 2.66. The molecule has 1 aliphatic rings. The molecule has 1 aliphatic heterocycles. The lowest BCUT2D eigenvalue weighted by Gasteiger charge is -2.36. The summed E-state index contributed by atoms with van der Waals surface area (Å²) < 4.78 is 5.50. The van der Waals surface area contributed by atoms with Gasteiger partial charge in [-0.1, -0.05) is 13.8 Å². The zero-order valence-electron chi connectivity index (χ0n) is 11.0. The van der Waals surface area contributed by atoms with E-state index in [-0.39, 0.29) is 16.6 Å². The van der Waals surface area contributed by atoms with Gasteiger partial charge in [0.05, 0.1) is 6.04 Å². The second kappa shape index (κ2) is 6.61. The van der Waals surface area contributed by atoms with E-state index in [0.29, 0.717) is 6.54 Å². The highest BCUT2D eigenvalue weighted by Gasteiger charge is 2.32. The van der Waals surface area contributed by atoms with Crippen LogP contribution in [-0.4, -0.2) is 42.7 Å². The molecular weight excluding hydrogens is 236 g/mol. The Hall–Kier alpha value is -0.260. The summed E-state index contributed by atoms with van der Waals surface area (Å²) in [5, 5.41) is 2.98. The Morgan fingerprint density at radius 2 is 2.06 bits per heavy atom. The molecule has 0 aromatic rings. The first-order chi connectivity index (χ1) is 8.01. The fraction of sp³-hybridized carbons (Fsp3) is 0.917. The van der Waals surface area contributed by atoms with Gasteiger partial charge in [-0.2, -0.15) is 11.8 Å². The lowest BCUT2D eigenvalue weighted by atomic mass is 9.98. The predicted octanol–water partition coefficient (Wildman–Crippen LogP) is 0.998. The molecule has 5 heteroatoms. The lowest BCUT2D eigenvalue weighted by Crippen LogP contribution is -2.50. The molecule has 1 fully saturated rings. The van der Waals surface area contributed by atoms with Crippen molar-refractivity contribution in [1.82, 2.24) is 5.32 Å². The molecule has 1 rings (SSSR count). The molecule has 1 atom stereocenters. The largest absolute Gasteiger partial charge is 0.381 e. The zero-order valence-corrected chi connectivity index (χ0v) is 11.8. The Balaban J connectivity index is 2.44. The Labute approximate surface area is 108 Å². The van der Waals surface area contributed by atoms with Crippen LogP contribution < -0.4 is 11.1 Å². The third-order valence-electron chi connectivity index (χ3n) is 3.44. The number of ether oxygens (including phenoxy) is 1. The second-order valence-electron chi connectivity index (χ2n) is 4.99.